The molecular formula is C26H25N3O5S. The number of thiophene rings is 1. The van der Waals surface area contributed by atoms with Crippen molar-refractivity contribution in [3.05, 3.63) is 82.8 Å². The topological polar surface area (TPSA) is 114 Å². The average Bonchev–Trinajstić information content (AvgIpc) is 3.26. The fraction of sp³-hybridized carbons (Fsp3) is 0.154. The maximum absolute atomic E-state index is 13.0. The standard InChI is InChI=1S/C26H25N3O5S/c1-16(2)13-21(30)29-25-23(20(15-35-25)17-7-5-4-6-8-17)26(33)34-14-22(31)28-19-11-9-18(10-12-19)24(32)27-3/h4-13,15H,14H2,1-3H3,(H,27,32)(H,28,31)(H,29,30). The van der Waals surface area contributed by atoms with Gasteiger partial charge in [-0.05, 0) is 43.7 Å². The zero-order valence-corrected chi connectivity index (χ0v) is 20.3. The fourth-order valence-corrected chi connectivity index (χ4v) is 4.10. The highest BCUT2D eigenvalue weighted by molar-refractivity contribution is 7.15. The lowest BCUT2D eigenvalue weighted by Crippen LogP contribution is -2.22. The third-order valence-electron chi connectivity index (χ3n) is 4.73. The summed E-state index contributed by atoms with van der Waals surface area (Å²) in [7, 11) is 1.53. The lowest BCUT2D eigenvalue weighted by atomic mass is 10.0. The number of ether oxygens (including phenoxy) is 1. The van der Waals surface area contributed by atoms with Crippen LogP contribution < -0.4 is 16.0 Å². The number of nitrogens with one attached hydrogen (secondary N) is 3. The third-order valence-corrected chi connectivity index (χ3v) is 5.62. The molecule has 3 amide bonds. The second-order valence-corrected chi connectivity index (χ2v) is 8.59. The second-order valence-electron chi connectivity index (χ2n) is 7.71. The average molecular weight is 492 g/mol. The number of anilines is 2. The van der Waals surface area contributed by atoms with E-state index in [0.29, 0.717) is 21.8 Å². The maximum atomic E-state index is 13.0. The highest BCUT2D eigenvalue weighted by Crippen LogP contribution is 2.36. The van der Waals surface area contributed by atoms with Gasteiger partial charge < -0.3 is 20.7 Å². The van der Waals surface area contributed by atoms with Gasteiger partial charge in [-0.15, -0.1) is 11.3 Å². The summed E-state index contributed by atoms with van der Waals surface area (Å²) < 4.78 is 5.29. The molecule has 0 saturated carbocycles. The van der Waals surface area contributed by atoms with E-state index in [1.807, 2.05) is 30.3 Å². The van der Waals surface area contributed by atoms with Crippen molar-refractivity contribution in [1.29, 1.82) is 0 Å². The van der Waals surface area contributed by atoms with Crippen molar-refractivity contribution in [3.63, 3.8) is 0 Å². The highest BCUT2D eigenvalue weighted by Gasteiger charge is 2.23. The van der Waals surface area contributed by atoms with Crippen molar-refractivity contribution in [2.45, 2.75) is 13.8 Å². The van der Waals surface area contributed by atoms with Gasteiger partial charge in [0.1, 0.15) is 10.6 Å². The van der Waals surface area contributed by atoms with Gasteiger partial charge in [0.15, 0.2) is 6.61 Å². The minimum absolute atomic E-state index is 0.180. The number of allylic oxidation sites excluding steroid dienone is 1. The van der Waals surface area contributed by atoms with Gasteiger partial charge in [-0.3, -0.25) is 14.4 Å². The number of esters is 1. The highest BCUT2D eigenvalue weighted by atomic mass is 32.1. The van der Waals surface area contributed by atoms with Gasteiger partial charge in [0.05, 0.1) is 0 Å². The van der Waals surface area contributed by atoms with Crippen LogP contribution in [0, 0.1) is 0 Å². The van der Waals surface area contributed by atoms with Crippen LogP contribution in [0.3, 0.4) is 0 Å². The summed E-state index contributed by atoms with van der Waals surface area (Å²) in [6, 6.07) is 15.5. The molecule has 1 aromatic heterocycles. The van der Waals surface area contributed by atoms with E-state index in [0.717, 1.165) is 11.1 Å². The van der Waals surface area contributed by atoms with Crippen LogP contribution in [0.1, 0.15) is 34.6 Å². The molecule has 0 unspecified atom stereocenters. The smallest absolute Gasteiger partial charge is 0.342 e. The van der Waals surface area contributed by atoms with Crippen molar-refractivity contribution in [2.75, 3.05) is 24.3 Å². The third kappa shape index (κ3) is 6.87. The lowest BCUT2D eigenvalue weighted by Gasteiger charge is -2.10. The molecule has 0 atom stereocenters. The van der Waals surface area contributed by atoms with Crippen molar-refractivity contribution >= 4 is 45.7 Å². The summed E-state index contributed by atoms with van der Waals surface area (Å²) in [4.78, 5) is 49.3. The fourth-order valence-electron chi connectivity index (χ4n) is 3.14. The van der Waals surface area contributed by atoms with Crippen LogP contribution in [-0.4, -0.2) is 37.3 Å². The Balaban J connectivity index is 1.74. The molecule has 3 N–H and O–H groups in total. The largest absolute Gasteiger partial charge is 0.452 e. The first-order valence-electron chi connectivity index (χ1n) is 10.7. The van der Waals surface area contributed by atoms with Crippen LogP contribution in [0.2, 0.25) is 0 Å². The first-order valence-corrected chi connectivity index (χ1v) is 11.6. The van der Waals surface area contributed by atoms with Crippen LogP contribution in [-0.2, 0) is 14.3 Å². The van der Waals surface area contributed by atoms with Gasteiger partial charge in [0, 0.05) is 35.3 Å². The minimum atomic E-state index is -0.734. The Morgan fingerprint density at radius 3 is 2.26 bits per heavy atom. The Morgan fingerprint density at radius 2 is 1.63 bits per heavy atom. The number of hydrogen-bond donors (Lipinski definition) is 3. The summed E-state index contributed by atoms with van der Waals surface area (Å²) in [5.74, 6) is -1.88. The van der Waals surface area contributed by atoms with E-state index < -0.39 is 18.5 Å². The zero-order valence-electron chi connectivity index (χ0n) is 19.5. The molecule has 9 heteroatoms. The summed E-state index contributed by atoms with van der Waals surface area (Å²) >= 11 is 1.20. The van der Waals surface area contributed by atoms with Crippen molar-refractivity contribution in [2.24, 2.45) is 0 Å². The quantitative estimate of drug-likeness (QED) is 0.318. The normalized spacial score (nSPS) is 10.1. The molecule has 0 radical (unpaired) electrons. The SMILES string of the molecule is CNC(=O)c1ccc(NC(=O)COC(=O)c2c(-c3ccccc3)csc2NC(=O)C=C(C)C)cc1. The summed E-state index contributed by atoms with van der Waals surface area (Å²) in [5.41, 5.74) is 3.27. The first-order chi connectivity index (χ1) is 16.8. The summed E-state index contributed by atoms with van der Waals surface area (Å²) in [5, 5.41) is 9.96. The predicted octanol–water partition coefficient (Wildman–Crippen LogP) is 4.47. The van der Waals surface area contributed by atoms with Crippen LogP contribution in [0.15, 0.2) is 71.6 Å². The van der Waals surface area contributed by atoms with Crippen LogP contribution >= 0.6 is 11.3 Å². The molecule has 8 nitrogen and oxygen atoms in total. The van der Waals surface area contributed by atoms with Crippen molar-refractivity contribution < 1.29 is 23.9 Å². The minimum Gasteiger partial charge on any atom is -0.452 e. The van der Waals surface area contributed by atoms with Crippen LogP contribution in [0.25, 0.3) is 11.1 Å². The first kappa shape index (κ1) is 25.4. The van der Waals surface area contributed by atoms with E-state index in [9.17, 15) is 19.2 Å². The molecule has 0 aliphatic heterocycles. The molecule has 0 bridgehead atoms. The summed E-state index contributed by atoms with van der Waals surface area (Å²) in [6.07, 6.45) is 1.43. The van der Waals surface area contributed by atoms with E-state index >= 15 is 0 Å². The lowest BCUT2D eigenvalue weighted by molar-refractivity contribution is -0.119. The van der Waals surface area contributed by atoms with Crippen LogP contribution in [0.4, 0.5) is 10.7 Å². The van der Waals surface area contributed by atoms with Crippen molar-refractivity contribution in [1.82, 2.24) is 5.32 Å². The van der Waals surface area contributed by atoms with Crippen LogP contribution in [0.5, 0.6) is 0 Å². The number of benzene rings is 2. The molecule has 1 heterocycles. The molecular weight excluding hydrogens is 466 g/mol. The number of carbonyl (C=O) groups is 4. The summed E-state index contributed by atoms with van der Waals surface area (Å²) in [6.45, 7) is 3.06. The Morgan fingerprint density at radius 1 is 0.943 bits per heavy atom. The van der Waals surface area contributed by atoms with Gasteiger partial charge in [-0.1, -0.05) is 35.9 Å². The van der Waals surface area contributed by atoms with E-state index in [2.05, 4.69) is 16.0 Å². The number of rotatable bonds is 8. The molecule has 0 aliphatic rings. The number of amides is 3. The number of carbonyl (C=O) groups excluding carboxylic acids is 4. The maximum Gasteiger partial charge on any atom is 0.342 e. The van der Waals surface area contributed by atoms with Gasteiger partial charge >= 0.3 is 5.97 Å². The Kier molecular flexibility index (Phi) is 8.53. The molecule has 3 rings (SSSR count). The van der Waals surface area contributed by atoms with Crippen molar-refractivity contribution in [3.8, 4) is 11.1 Å². The Bertz CT molecular complexity index is 1260. The van der Waals surface area contributed by atoms with E-state index in [1.54, 1.807) is 43.5 Å². The zero-order chi connectivity index (χ0) is 25.4. The van der Waals surface area contributed by atoms with E-state index in [1.165, 1.54) is 24.5 Å². The van der Waals surface area contributed by atoms with Gasteiger partial charge in [0.25, 0.3) is 11.8 Å². The molecule has 2 aromatic carbocycles. The Labute approximate surface area is 207 Å². The number of hydrogen-bond acceptors (Lipinski definition) is 6. The monoisotopic (exact) mass is 491 g/mol. The predicted molar refractivity (Wildman–Crippen MR) is 137 cm³/mol. The molecule has 0 fully saturated rings. The molecule has 0 saturated heterocycles. The van der Waals surface area contributed by atoms with Gasteiger partial charge in [-0.25, -0.2) is 4.79 Å². The van der Waals surface area contributed by atoms with E-state index in [-0.39, 0.29) is 17.4 Å². The van der Waals surface area contributed by atoms with Gasteiger partial charge in [0.2, 0.25) is 5.91 Å². The van der Waals surface area contributed by atoms with Gasteiger partial charge in [-0.2, -0.15) is 0 Å². The Hall–Kier alpha value is -4.24. The molecule has 3 aromatic rings. The molecule has 0 spiro atoms. The second kappa shape index (κ2) is 11.8. The van der Waals surface area contributed by atoms with E-state index in [4.69, 9.17) is 4.74 Å². The molecule has 35 heavy (non-hydrogen) atoms. The molecule has 0 aliphatic carbocycles. The molecule has 180 valence electrons.